The van der Waals surface area contributed by atoms with E-state index in [1.807, 2.05) is 30.3 Å². The average molecular weight is 393 g/mol. The average Bonchev–Trinajstić information content (AvgIpc) is 2.74. The monoisotopic (exact) mass is 393 g/mol. The molecule has 0 N–H and O–H groups in total. The largest absolute Gasteiger partial charge is 0.332 e. The quantitative estimate of drug-likeness (QED) is 0.442. The van der Waals surface area contributed by atoms with Gasteiger partial charge in [-0.05, 0) is 42.2 Å². The first-order valence-corrected chi connectivity index (χ1v) is 9.51. The van der Waals surface area contributed by atoms with Crippen LogP contribution in [0.3, 0.4) is 0 Å². The molecule has 0 radical (unpaired) electrons. The highest BCUT2D eigenvalue weighted by Gasteiger charge is 2.61. The molecule has 1 aliphatic carbocycles. The second-order valence-corrected chi connectivity index (χ2v) is 7.95. The first-order chi connectivity index (χ1) is 13.9. The van der Waals surface area contributed by atoms with E-state index in [0.717, 1.165) is 11.1 Å². The van der Waals surface area contributed by atoms with Gasteiger partial charge >= 0.3 is 0 Å². The summed E-state index contributed by atoms with van der Waals surface area (Å²) in [6, 6.07) is 16.0. The molecule has 148 valence electrons. The predicted octanol–water partition coefficient (Wildman–Crippen LogP) is 4.16. The van der Waals surface area contributed by atoms with Crippen molar-refractivity contribution in [1.82, 2.24) is 0 Å². The van der Waals surface area contributed by atoms with Crippen molar-refractivity contribution in [3.8, 4) is 0 Å². The fraction of sp³-hybridized carbons (Fsp3) is 0.318. The number of non-ortho nitro benzene ring substituents is 1. The number of fused-ring (bicyclic) bond motifs is 2. The van der Waals surface area contributed by atoms with E-state index in [1.165, 1.54) is 12.1 Å². The molecule has 4 aliphatic rings. The highest BCUT2D eigenvalue weighted by atomic mass is 17.3. The molecule has 1 saturated carbocycles. The molecule has 6 rings (SSSR count). The van der Waals surface area contributed by atoms with Crippen molar-refractivity contribution in [2.24, 2.45) is 0 Å². The molecule has 0 aromatic heterocycles. The molecular formula is C22H19NO6. The number of hydrogen-bond acceptors (Lipinski definition) is 6. The third-order valence-electron chi connectivity index (χ3n) is 5.95. The minimum absolute atomic E-state index is 0.00317. The highest BCUT2D eigenvalue weighted by Crippen LogP contribution is 2.56. The van der Waals surface area contributed by atoms with Crippen molar-refractivity contribution in [2.45, 2.75) is 43.2 Å². The smallest absolute Gasteiger partial charge is 0.269 e. The molecule has 7 heteroatoms. The van der Waals surface area contributed by atoms with E-state index in [0.29, 0.717) is 18.4 Å². The Hall–Kier alpha value is -2.87. The number of ketones is 1. The van der Waals surface area contributed by atoms with Gasteiger partial charge in [0.2, 0.25) is 5.79 Å². The summed E-state index contributed by atoms with van der Waals surface area (Å²) < 4.78 is 6.38. The van der Waals surface area contributed by atoms with Gasteiger partial charge in [0, 0.05) is 25.0 Å². The van der Waals surface area contributed by atoms with E-state index in [1.54, 1.807) is 25.1 Å². The number of rotatable bonds is 3. The lowest BCUT2D eigenvalue weighted by atomic mass is 9.72. The van der Waals surface area contributed by atoms with E-state index in [-0.39, 0.29) is 17.4 Å². The van der Waals surface area contributed by atoms with Crippen LogP contribution in [-0.2, 0) is 19.3 Å². The first-order valence-electron chi connectivity index (χ1n) is 9.51. The molecule has 2 unspecified atom stereocenters. The van der Waals surface area contributed by atoms with Gasteiger partial charge in [-0.2, -0.15) is 4.89 Å². The number of benzene rings is 2. The van der Waals surface area contributed by atoms with Gasteiger partial charge in [-0.25, -0.2) is 4.89 Å². The second-order valence-electron chi connectivity index (χ2n) is 7.95. The number of ether oxygens (including phenoxy) is 1. The Morgan fingerprint density at radius 1 is 1.03 bits per heavy atom. The van der Waals surface area contributed by atoms with Crippen LogP contribution >= 0.6 is 0 Å². The molecule has 1 saturated heterocycles. The summed E-state index contributed by atoms with van der Waals surface area (Å²) in [7, 11) is 0. The topological polar surface area (TPSA) is 87.9 Å². The van der Waals surface area contributed by atoms with Gasteiger partial charge in [-0.15, -0.1) is 0 Å². The maximum Gasteiger partial charge on any atom is 0.269 e. The number of nitro benzene ring substituents is 1. The number of nitro groups is 1. The highest BCUT2D eigenvalue weighted by molar-refractivity contribution is 5.99. The van der Waals surface area contributed by atoms with Crippen LogP contribution in [0.5, 0.6) is 0 Å². The minimum Gasteiger partial charge on any atom is -0.332 e. The predicted molar refractivity (Wildman–Crippen MR) is 102 cm³/mol. The molecule has 7 nitrogen and oxygen atoms in total. The number of carbonyl (C=O) groups is 1. The van der Waals surface area contributed by atoms with Crippen LogP contribution in [0.2, 0.25) is 0 Å². The Bertz CT molecular complexity index is 1020. The van der Waals surface area contributed by atoms with Gasteiger partial charge in [0.25, 0.3) is 5.69 Å². The summed E-state index contributed by atoms with van der Waals surface area (Å²) in [6.07, 6.45) is 2.09. The van der Waals surface area contributed by atoms with Gasteiger partial charge in [0.15, 0.2) is 11.4 Å². The molecule has 2 fully saturated rings. The standard InChI is InChI=1S/C22H19NO6/c1-21-13-18-19(24)11-16(14-5-3-2-4-6-14)12-22(18,29-28-21)27-20(21)15-7-9-17(10-8-15)23(25)26/h2-10,13,16,20H,11-12H2,1H3/t16?,20?,21-,22+/m1/s1. The van der Waals surface area contributed by atoms with Gasteiger partial charge in [-0.3, -0.25) is 14.9 Å². The molecule has 2 bridgehead atoms. The summed E-state index contributed by atoms with van der Waals surface area (Å²) in [5.74, 6) is -1.34. The number of Topliss-reactive ketones (excluding diaryl/α,β-unsaturated/α-hetero) is 1. The van der Waals surface area contributed by atoms with Crippen molar-refractivity contribution in [3.05, 3.63) is 87.5 Å². The molecule has 1 spiro atoms. The van der Waals surface area contributed by atoms with Crippen LogP contribution < -0.4 is 0 Å². The molecule has 3 heterocycles. The van der Waals surface area contributed by atoms with Crippen LogP contribution in [0.1, 0.15) is 42.9 Å². The zero-order chi connectivity index (χ0) is 20.2. The minimum atomic E-state index is -1.28. The molecular weight excluding hydrogens is 374 g/mol. The molecule has 0 amide bonds. The lowest BCUT2D eigenvalue weighted by molar-refractivity contribution is -0.520. The molecule has 2 aromatic carbocycles. The van der Waals surface area contributed by atoms with E-state index in [2.05, 4.69) is 0 Å². The molecule has 29 heavy (non-hydrogen) atoms. The molecule has 3 aliphatic heterocycles. The molecule has 4 atom stereocenters. The Morgan fingerprint density at radius 3 is 2.45 bits per heavy atom. The maximum atomic E-state index is 12.9. The maximum absolute atomic E-state index is 12.9. The van der Waals surface area contributed by atoms with E-state index in [4.69, 9.17) is 14.5 Å². The third-order valence-corrected chi connectivity index (χ3v) is 5.95. The van der Waals surface area contributed by atoms with Crippen LogP contribution in [0.25, 0.3) is 0 Å². The van der Waals surface area contributed by atoms with Crippen molar-refractivity contribution >= 4 is 11.5 Å². The second kappa shape index (κ2) is 6.32. The van der Waals surface area contributed by atoms with E-state index in [9.17, 15) is 14.9 Å². The number of hydrogen-bond donors (Lipinski definition) is 0. The van der Waals surface area contributed by atoms with Gasteiger partial charge in [0.1, 0.15) is 6.10 Å². The SMILES string of the molecule is C[C@]12C=C3C(=O)CC(c4ccccc4)C[C@@]3(OO1)OC2c1ccc([N+](=O)[O-])cc1. The normalized spacial score (nSPS) is 33.1. The van der Waals surface area contributed by atoms with Crippen LogP contribution in [0.4, 0.5) is 5.69 Å². The molecule has 2 aromatic rings. The lowest BCUT2D eigenvalue weighted by Gasteiger charge is -2.54. The summed E-state index contributed by atoms with van der Waals surface area (Å²) >= 11 is 0. The van der Waals surface area contributed by atoms with Crippen molar-refractivity contribution in [2.75, 3.05) is 0 Å². The Balaban J connectivity index is 1.52. The van der Waals surface area contributed by atoms with Gasteiger partial charge in [-0.1, -0.05) is 30.3 Å². The van der Waals surface area contributed by atoms with Crippen molar-refractivity contribution in [3.63, 3.8) is 0 Å². The zero-order valence-corrected chi connectivity index (χ0v) is 15.7. The first kappa shape index (κ1) is 18.2. The lowest BCUT2D eigenvalue weighted by Crippen LogP contribution is -2.60. The number of carbonyl (C=O) groups excluding carboxylic acids is 1. The Kier molecular flexibility index (Phi) is 3.96. The third kappa shape index (κ3) is 2.81. The van der Waals surface area contributed by atoms with Crippen LogP contribution in [0, 0.1) is 10.1 Å². The van der Waals surface area contributed by atoms with Crippen LogP contribution in [0.15, 0.2) is 66.2 Å². The van der Waals surface area contributed by atoms with E-state index < -0.39 is 22.4 Å². The van der Waals surface area contributed by atoms with E-state index >= 15 is 0 Å². The fourth-order valence-electron chi connectivity index (χ4n) is 4.48. The van der Waals surface area contributed by atoms with Crippen molar-refractivity contribution in [1.29, 1.82) is 0 Å². The zero-order valence-electron chi connectivity index (χ0n) is 15.7. The number of nitrogens with zero attached hydrogens (tertiary/aromatic N) is 1. The Morgan fingerprint density at radius 2 is 1.76 bits per heavy atom. The van der Waals surface area contributed by atoms with Crippen molar-refractivity contribution < 1.29 is 24.2 Å². The van der Waals surface area contributed by atoms with Gasteiger partial charge in [0.05, 0.1) is 10.5 Å². The summed E-state index contributed by atoms with van der Waals surface area (Å²) in [5.41, 5.74) is 1.28. The summed E-state index contributed by atoms with van der Waals surface area (Å²) in [4.78, 5) is 34.9. The fourth-order valence-corrected chi connectivity index (χ4v) is 4.48. The van der Waals surface area contributed by atoms with Gasteiger partial charge < -0.3 is 4.74 Å². The summed E-state index contributed by atoms with van der Waals surface area (Å²) in [6.45, 7) is 1.78. The summed E-state index contributed by atoms with van der Waals surface area (Å²) in [5, 5.41) is 11.0. The Labute approximate surface area is 167 Å². The van der Waals surface area contributed by atoms with Crippen LogP contribution in [-0.4, -0.2) is 22.1 Å².